The second kappa shape index (κ2) is 6.23. The molecule has 3 heterocycles. The smallest absolute Gasteiger partial charge is 0.359 e. The van der Waals surface area contributed by atoms with Crippen molar-refractivity contribution in [3.63, 3.8) is 0 Å². The molecule has 0 aliphatic carbocycles. The van der Waals surface area contributed by atoms with Gasteiger partial charge in [-0.05, 0) is 40.7 Å². The van der Waals surface area contributed by atoms with Crippen LogP contribution in [-0.4, -0.2) is 12.0 Å². The summed E-state index contributed by atoms with van der Waals surface area (Å²) in [6, 6.07) is 36.8. The molecule has 1 aromatic heterocycles. The fraction of sp³-hybridized carbons (Fsp3) is 0. The van der Waals surface area contributed by atoms with E-state index in [2.05, 4.69) is 113 Å². The third-order valence-corrected chi connectivity index (χ3v) is 6.46. The molecule has 0 amide bonds. The molecule has 0 radical (unpaired) electrons. The summed E-state index contributed by atoms with van der Waals surface area (Å²) in [5.41, 5.74) is 7.50. The summed E-state index contributed by atoms with van der Waals surface area (Å²) in [5, 5.41) is 2.37. The van der Waals surface area contributed by atoms with Gasteiger partial charge < -0.3 is 9.62 Å². The summed E-state index contributed by atoms with van der Waals surface area (Å²) in [4.78, 5) is 9.78. The SMILES string of the molecule is c1ccc2c(c1)B1N(c3ccccc3-2)c2ccccc2N1c1nccc2ccccc12. The highest BCUT2D eigenvalue weighted by molar-refractivity contribution is 6.86. The van der Waals surface area contributed by atoms with Crippen LogP contribution in [0.1, 0.15) is 0 Å². The van der Waals surface area contributed by atoms with Crippen molar-refractivity contribution in [2.45, 2.75) is 0 Å². The van der Waals surface area contributed by atoms with E-state index in [1.54, 1.807) is 0 Å². The van der Waals surface area contributed by atoms with Gasteiger partial charge in [0.2, 0.25) is 0 Å². The zero-order valence-electron chi connectivity index (χ0n) is 16.8. The Morgan fingerprint density at radius 3 is 2.06 bits per heavy atom. The van der Waals surface area contributed by atoms with Gasteiger partial charge in [0.1, 0.15) is 5.82 Å². The van der Waals surface area contributed by atoms with E-state index in [4.69, 9.17) is 4.98 Å². The molecule has 4 aromatic carbocycles. The van der Waals surface area contributed by atoms with Crippen LogP contribution in [0.4, 0.5) is 22.9 Å². The van der Waals surface area contributed by atoms with Gasteiger partial charge in [-0.3, -0.25) is 0 Å². The number of aromatic nitrogens is 1. The van der Waals surface area contributed by atoms with Gasteiger partial charge >= 0.3 is 6.98 Å². The van der Waals surface area contributed by atoms with E-state index in [0.29, 0.717) is 0 Å². The van der Waals surface area contributed by atoms with Gasteiger partial charge in [0.15, 0.2) is 0 Å². The van der Waals surface area contributed by atoms with Crippen LogP contribution in [-0.2, 0) is 0 Å². The van der Waals surface area contributed by atoms with Crippen LogP contribution < -0.4 is 15.1 Å². The molecule has 5 aromatic rings. The summed E-state index contributed by atoms with van der Waals surface area (Å²) < 4.78 is 0. The molecule has 0 spiro atoms. The van der Waals surface area contributed by atoms with Gasteiger partial charge in [-0.2, -0.15) is 0 Å². The Bertz CT molecular complexity index is 1470. The van der Waals surface area contributed by atoms with Crippen molar-refractivity contribution in [2.75, 3.05) is 9.62 Å². The monoisotopic (exact) mass is 395 g/mol. The molecule has 4 heteroatoms. The second-order valence-corrected chi connectivity index (χ2v) is 8.06. The van der Waals surface area contributed by atoms with Gasteiger partial charge in [0, 0.05) is 22.8 Å². The zero-order chi connectivity index (χ0) is 20.4. The molecule has 3 nitrogen and oxygen atoms in total. The lowest BCUT2D eigenvalue weighted by Crippen LogP contribution is -2.55. The van der Waals surface area contributed by atoms with E-state index >= 15 is 0 Å². The first kappa shape index (κ1) is 16.7. The first-order valence-electron chi connectivity index (χ1n) is 10.6. The third-order valence-electron chi connectivity index (χ3n) is 6.46. The lowest BCUT2D eigenvalue weighted by molar-refractivity contribution is 1.27. The molecule has 0 N–H and O–H groups in total. The first-order chi connectivity index (χ1) is 15.4. The minimum absolute atomic E-state index is 0.0156. The van der Waals surface area contributed by atoms with E-state index < -0.39 is 0 Å². The van der Waals surface area contributed by atoms with Crippen LogP contribution in [0, 0.1) is 0 Å². The number of pyridine rings is 1. The van der Waals surface area contributed by atoms with Crippen LogP contribution in [0.3, 0.4) is 0 Å². The molecule has 0 saturated carbocycles. The predicted octanol–water partition coefficient (Wildman–Crippen LogP) is 5.90. The lowest BCUT2D eigenvalue weighted by atomic mass is 9.59. The molecular formula is C27H18BN3. The number of hydrogen-bond donors (Lipinski definition) is 0. The van der Waals surface area contributed by atoms with Crippen LogP contribution in [0.5, 0.6) is 0 Å². The maximum atomic E-state index is 4.91. The van der Waals surface area contributed by atoms with Crippen molar-refractivity contribution in [2.24, 2.45) is 0 Å². The number of para-hydroxylation sites is 3. The minimum atomic E-state index is 0.0156. The van der Waals surface area contributed by atoms with Crippen molar-refractivity contribution in [3.8, 4) is 11.1 Å². The van der Waals surface area contributed by atoms with Crippen molar-refractivity contribution in [1.82, 2.24) is 4.98 Å². The number of rotatable bonds is 1. The molecule has 0 bridgehead atoms. The second-order valence-electron chi connectivity index (χ2n) is 8.06. The van der Waals surface area contributed by atoms with Crippen molar-refractivity contribution in [1.29, 1.82) is 0 Å². The Kier molecular flexibility index (Phi) is 3.36. The van der Waals surface area contributed by atoms with Crippen molar-refractivity contribution in [3.05, 3.63) is 109 Å². The summed E-state index contributed by atoms with van der Waals surface area (Å²) in [7, 11) is 0. The van der Waals surface area contributed by atoms with Gasteiger partial charge in [0.25, 0.3) is 0 Å². The largest absolute Gasteiger partial charge is 0.422 e. The Morgan fingerprint density at radius 1 is 0.548 bits per heavy atom. The van der Waals surface area contributed by atoms with Crippen LogP contribution in [0.2, 0.25) is 0 Å². The van der Waals surface area contributed by atoms with Gasteiger partial charge in [-0.25, -0.2) is 4.98 Å². The summed E-state index contributed by atoms with van der Waals surface area (Å²) in [6.07, 6.45) is 1.92. The van der Waals surface area contributed by atoms with E-state index in [1.807, 2.05) is 6.20 Å². The van der Waals surface area contributed by atoms with E-state index in [-0.39, 0.29) is 6.98 Å². The Hall–Kier alpha value is -4.05. The van der Waals surface area contributed by atoms with Gasteiger partial charge in [-0.1, -0.05) is 78.9 Å². The Labute approximate surface area is 181 Å². The number of anilines is 4. The highest BCUT2D eigenvalue weighted by Crippen LogP contribution is 2.51. The number of fused-ring (bicyclic) bond motifs is 9. The average molecular weight is 395 g/mol. The average Bonchev–Trinajstić information content (AvgIpc) is 3.19. The molecule has 2 aliphatic rings. The minimum Gasteiger partial charge on any atom is -0.359 e. The fourth-order valence-electron chi connectivity index (χ4n) is 5.19. The lowest BCUT2D eigenvalue weighted by Gasteiger charge is -2.36. The Balaban J connectivity index is 1.58. The van der Waals surface area contributed by atoms with Crippen molar-refractivity contribution < 1.29 is 0 Å². The third kappa shape index (κ3) is 2.22. The van der Waals surface area contributed by atoms with Gasteiger partial charge in [0.05, 0.1) is 11.4 Å². The molecular weight excluding hydrogens is 377 g/mol. The molecule has 0 saturated heterocycles. The normalized spacial score (nSPS) is 13.6. The molecule has 31 heavy (non-hydrogen) atoms. The standard InChI is InChI=1S/C27H18BN3/c1-2-10-20-19(9-1)17-18-29-27(20)31-26-16-8-7-15-25(26)30-24-14-6-4-12-22(24)21-11-3-5-13-23(21)28(30)31/h1-18H. The number of nitrogens with zero attached hydrogens (tertiary/aromatic N) is 3. The highest BCUT2D eigenvalue weighted by atomic mass is 15.3. The summed E-state index contributed by atoms with van der Waals surface area (Å²) in [6.45, 7) is 0.0156. The summed E-state index contributed by atoms with van der Waals surface area (Å²) >= 11 is 0. The number of benzene rings is 4. The van der Waals surface area contributed by atoms with E-state index in [1.165, 1.54) is 39.0 Å². The van der Waals surface area contributed by atoms with Crippen molar-refractivity contribution >= 4 is 46.1 Å². The molecule has 0 fully saturated rings. The van der Waals surface area contributed by atoms with E-state index in [9.17, 15) is 0 Å². The van der Waals surface area contributed by atoms with Crippen LogP contribution >= 0.6 is 0 Å². The fourth-order valence-corrected chi connectivity index (χ4v) is 5.19. The maximum absolute atomic E-state index is 4.91. The quantitative estimate of drug-likeness (QED) is 0.330. The zero-order valence-corrected chi connectivity index (χ0v) is 16.8. The predicted molar refractivity (Wildman–Crippen MR) is 130 cm³/mol. The molecule has 2 aliphatic heterocycles. The molecule has 144 valence electrons. The highest BCUT2D eigenvalue weighted by Gasteiger charge is 2.48. The van der Waals surface area contributed by atoms with Crippen LogP contribution in [0.25, 0.3) is 21.9 Å². The topological polar surface area (TPSA) is 19.4 Å². The van der Waals surface area contributed by atoms with Gasteiger partial charge in [-0.15, -0.1) is 0 Å². The summed E-state index contributed by atoms with van der Waals surface area (Å²) in [5.74, 6) is 0.993. The maximum Gasteiger partial charge on any atom is 0.422 e. The molecule has 0 unspecified atom stereocenters. The number of hydrogen-bond acceptors (Lipinski definition) is 3. The van der Waals surface area contributed by atoms with Crippen LogP contribution in [0.15, 0.2) is 109 Å². The molecule has 0 atom stereocenters. The first-order valence-corrected chi connectivity index (χ1v) is 10.6. The van der Waals surface area contributed by atoms with E-state index in [0.717, 1.165) is 11.2 Å². The Morgan fingerprint density at radius 2 is 1.19 bits per heavy atom. The molecule has 7 rings (SSSR count).